The molecule has 0 aliphatic carbocycles. The molecule has 0 aliphatic heterocycles. The summed E-state index contributed by atoms with van der Waals surface area (Å²) in [6, 6.07) is 6.73. The molecule has 2 rings (SSSR count). The number of benzene rings is 1. The fourth-order valence-electron chi connectivity index (χ4n) is 2.31. The van der Waals surface area contributed by atoms with E-state index in [2.05, 4.69) is 30.8 Å². The van der Waals surface area contributed by atoms with Gasteiger partial charge in [-0.3, -0.25) is 5.32 Å². The Balaban J connectivity index is 1.95. The van der Waals surface area contributed by atoms with Crippen LogP contribution < -0.4 is 16.0 Å². The summed E-state index contributed by atoms with van der Waals surface area (Å²) >= 11 is 5.99. The van der Waals surface area contributed by atoms with Gasteiger partial charge in [0.25, 0.3) is 0 Å². The molecule has 0 bridgehead atoms. The van der Waals surface area contributed by atoms with Gasteiger partial charge in [0, 0.05) is 29.0 Å². The Morgan fingerprint density at radius 3 is 2.62 bits per heavy atom. The van der Waals surface area contributed by atoms with Crippen molar-refractivity contribution in [3.05, 3.63) is 40.5 Å². The third-order valence-corrected chi connectivity index (χ3v) is 4.01. The van der Waals surface area contributed by atoms with Crippen molar-refractivity contribution in [2.45, 2.75) is 20.3 Å². The topological polar surface area (TPSA) is 82.2 Å². The first-order valence-electron chi connectivity index (χ1n) is 8.42. The largest absolute Gasteiger partial charge is 0.370 e. The smallest absolute Gasteiger partial charge is 0.326 e. The lowest BCUT2D eigenvalue weighted by atomic mass is 10.2. The highest BCUT2D eigenvalue weighted by atomic mass is 35.5. The van der Waals surface area contributed by atoms with Gasteiger partial charge in [0.1, 0.15) is 5.82 Å². The van der Waals surface area contributed by atoms with Crippen molar-refractivity contribution in [2.75, 3.05) is 43.1 Å². The summed E-state index contributed by atoms with van der Waals surface area (Å²) in [4.78, 5) is 22.9. The van der Waals surface area contributed by atoms with E-state index >= 15 is 0 Å². The number of nitrogens with zero attached hydrogens (tertiary/aromatic N) is 3. The Morgan fingerprint density at radius 2 is 1.92 bits per heavy atom. The Labute approximate surface area is 159 Å². The molecule has 0 atom stereocenters. The van der Waals surface area contributed by atoms with Gasteiger partial charge in [-0.15, -0.1) is 0 Å². The van der Waals surface area contributed by atoms with Crippen LogP contribution in [0.25, 0.3) is 0 Å². The minimum absolute atomic E-state index is 0.253. The van der Waals surface area contributed by atoms with Gasteiger partial charge >= 0.3 is 6.03 Å². The van der Waals surface area contributed by atoms with E-state index in [1.807, 2.05) is 34.0 Å². The van der Waals surface area contributed by atoms with Crippen LogP contribution in [0.1, 0.15) is 17.7 Å². The molecular weight excluding hydrogens is 352 g/mol. The second kappa shape index (κ2) is 9.35. The first-order chi connectivity index (χ1) is 12.3. The first kappa shape index (κ1) is 19.9. The molecule has 3 N–H and O–H groups in total. The Kier molecular flexibility index (Phi) is 7.17. The monoisotopic (exact) mass is 376 g/mol. The zero-order chi connectivity index (χ0) is 19.1. The third kappa shape index (κ3) is 6.50. The number of urea groups is 1. The highest BCUT2D eigenvalue weighted by Gasteiger charge is 2.08. The maximum absolute atomic E-state index is 12.2. The van der Waals surface area contributed by atoms with Crippen LogP contribution in [0.3, 0.4) is 0 Å². The molecule has 0 saturated heterocycles. The maximum Gasteiger partial charge on any atom is 0.326 e. The minimum atomic E-state index is -0.407. The molecule has 2 amide bonds. The van der Waals surface area contributed by atoms with E-state index in [0.29, 0.717) is 16.5 Å². The maximum atomic E-state index is 12.2. The van der Waals surface area contributed by atoms with Gasteiger partial charge in [-0.25, -0.2) is 9.78 Å². The van der Waals surface area contributed by atoms with E-state index in [9.17, 15) is 4.79 Å². The number of aromatic nitrogens is 2. The molecule has 0 radical (unpaired) electrons. The highest BCUT2D eigenvalue weighted by molar-refractivity contribution is 6.31. The molecule has 140 valence electrons. The number of hydrogen-bond donors (Lipinski definition) is 3. The lowest BCUT2D eigenvalue weighted by molar-refractivity contribution is 0.262. The van der Waals surface area contributed by atoms with Crippen molar-refractivity contribution in [1.82, 2.24) is 14.9 Å². The molecule has 0 saturated carbocycles. The van der Waals surface area contributed by atoms with Crippen LogP contribution in [0.4, 0.5) is 22.2 Å². The van der Waals surface area contributed by atoms with Crippen molar-refractivity contribution in [2.24, 2.45) is 0 Å². The van der Waals surface area contributed by atoms with Crippen molar-refractivity contribution in [3.63, 3.8) is 0 Å². The lowest BCUT2D eigenvalue weighted by Crippen LogP contribution is -2.21. The van der Waals surface area contributed by atoms with E-state index in [-0.39, 0.29) is 5.95 Å². The molecule has 0 unspecified atom stereocenters. The van der Waals surface area contributed by atoms with Crippen molar-refractivity contribution in [3.8, 4) is 0 Å². The van der Waals surface area contributed by atoms with Crippen LogP contribution in [0.5, 0.6) is 0 Å². The molecule has 2 aromatic rings. The predicted octanol–water partition coefficient (Wildman–Crippen LogP) is 3.75. The first-order valence-corrected chi connectivity index (χ1v) is 8.80. The number of anilines is 3. The summed E-state index contributed by atoms with van der Waals surface area (Å²) in [5, 5.41) is 9.32. The average Bonchev–Trinajstić information content (AvgIpc) is 2.54. The van der Waals surface area contributed by atoms with E-state index < -0.39 is 6.03 Å². The molecule has 1 aromatic heterocycles. The fraction of sp³-hybridized carbons (Fsp3) is 0.389. The van der Waals surface area contributed by atoms with Crippen LogP contribution in [0.15, 0.2) is 24.3 Å². The van der Waals surface area contributed by atoms with E-state index in [4.69, 9.17) is 11.6 Å². The number of amides is 2. The van der Waals surface area contributed by atoms with Crippen molar-refractivity contribution >= 4 is 35.1 Å². The predicted molar refractivity (Wildman–Crippen MR) is 107 cm³/mol. The third-order valence-electron chi connectivity index (χ3n) is 3.58. The summed E-state index contributed by atoms with van der Waals surface area (Å²) in [6.45, 7) is 5.52. The summed E-state index contributed by atoms with van der Waals surface area (Å²) in [5.74, 6) is 0.942. The van der Waals surface area contributed by atoms with Crippen LogP contribution in [0, 0.1) is 13.8 Å². The normalized spacial score (nSPS) is 10.7. The van der Waals surface area contributed by atoms with Gasteiger partial charge < -0.3 is 15.5 Å². The summed E-state index contributed by atoms with van der Waals surface area (Å²) in [7, 11) is 4.08. The quantitative estimate of drug-likeness (QED) is 0.641. The molecule has 0 aliphatic rings. The number of nitrogens with one attached hydrogen (secondary N) is 3. The van der Waals surface area contributed by atoms with Crippen molar-refractivity contribution < 1.29 is 4.79 Å². The van der Waals surface area contributed by atoms with Crippen LogP contribution in [-0.2, 0) is 0 Å². The van der Waals surface area contributed by atoms with Gasteiger partial charge in [0.05, 0.1) is 0 Å². The van der Waals surface area contributed by atoms with Crippen LogP contribution in [0.2, 0.25) is 5.02 Å². The minimum Gasteiger partial charge on any atom is -0.370 e. The number of rotatable bonds is 7. The van der Waals surface area contributed by atoms with Gasteiger partial charge in [0.15, 0.2) is 0 Å². The zero-order valence-corrected chi connectivity index (χ0v) is 16.3. The summed E-state index contributed by atoms with van der Waals surface area (Å²) in [6.07, 6.45) is 0.995. The number of hydrogen-bond acceptors (Lipinski definition) is 5. The van der Waals surface area contributed by atoms with E-state index in [1.54, 1.807) is 18.2 Å². The molecule has 0 fully saturated rings. The van der Waals surface area contributed by atoms with E-state index in [1.165, 1.54) is 0 Å². The molecule has 26 heavy (non-hydrogen) atoms. The molecule has 1 heterocycles. The molecule has 8 heteroatoms. The second-order valence-corrected chi connectivity index (χ2v) is 6.75. The van der Waals surface area contributed by atoms with Gasteiger partial charge in [-0.05, 0) is 64.7 Å². The molecule has 7 nitrogen and oxygen atoms in total. The number of carbonyl (C=O) groups is 1. The standard InChI is InChI=1S/C18H25ClN6O/c1-12-10-14(6-7-15(12)19)22-18(26)24-17-21-13(2)11-16(23-17)20-8-5-9-25(3)4/h6-7,10-11H,5,8-9H2,1-4H3,(H3,20,21,22,23,24,26). The molecule has 0 spiro atoms. The van der Waals surface area contributed by atoms with Gasteiger partial charge in [-0.2, -0.15) is 4.98 Å². The highest BCUT2D eigenvalue weighted by Crippen LogP contribution is 2.19. The van der Waals surface area contributed by atoms with Gasteiger partial charge in [0.2, 0.25) is 5.95 Å². The van der Waals surface area contributed by atoms with Crippen LogP contribution in [-0.4, -0.2) is 48.1 Å². The van der Waals surface area contributed by atoms with Crippen LogP contribution >= 0.6 is 11.6 Å². The zero-order valence-electron chi connectivity index (χ0n) is 15.6. The number of halogens is 1. The molecular formula is C18H25ClN6O. The molecule has 1 aromatic carbocycles. The Hall–Kier alpha value is -2.38. The van der Waals surface area contributed by atoms with Gasteiger partial charge in [-0.1, -0.05) is 11.6 Å². The average molecular weight is 377 g/mol. The fourth-order valence-corrected chi connectivity index (χ4v) is 2.43. The SMILES string of the molecule is Cc1cc(NCCCN(C)C)nc(NC(=O)Nc2ccc(Cl)c(C)c2)n1. The Bertz CT molecular complexity index is 765. The summed E-state index contributed by atoms with van der Waals surface area (Å²) < 4.78 is 0. The Morgan fingerprint density at radius 1 is 1.15 bits per heavy atom. The number of aryl methyl sites for hydroxylation is 2. The summed E-state index contributed by atoms with van der Waals surface area (Å²) in [5.41, 5.74) is 2.31. The second-order valence-electron chi connectivity index (χ2n) is 6.34. The van der Waals surface area contributed by atoms with E-state index in [0.717, 1.165) is 30.8 Å². The van der Waals surface area contributed by atoms with Crippen molar-refractivity contribution in [1.29, 1.82) is 0 Å². The number of carbonyl (C=O) groups excluding carboxylic acids is 1. The lowest BCUT2D eigenvalue weighted by Gasteiger charge is -2.12.